The number of anilines is 1. The van der Waals surface area contributed by atoms with Crippen molar-refractivity contribution in [3.05, 3.63) is 48.3 Å². The first-order chi connectivity index (χ1) is 13.2. The number of piperidine rings is 1. The number of carbonyl (C=O) groups excluding carboxylic acids is 1. The van der Waals surface area contributed by atoms with Gasteiger partial charge in [-0.1, -0.05) is 30.3 Å². The van der Waals surface area contributed by atoms with Crippen LogP contribution in [0.4, 0.5) is 10.5 Å². The van der Waals surface area contributed by atoms with Gasteiger partial charge in [-0.05, 0) is 30.9 Å². The summed E-state index contributed by atoms with van der Waals surface area (Å²) in [6.45, 7) is 5.06. The molecule has 0 bridgehead atoms. The van der Waals surface area contributed by atoms with Crippen molar-refractivity contribution in [3.8, 4) is 0 Å². The largest absolute Gasteiger partial charge is 0.383 e. The number of nitrogens with one attached hydrogen (secondary N) is 2. The van der Waals surface area contributed by atoms with Gasteiger partial charge in [0.25, 0.3) is 0 Å². The zero-order valence-corrected chi connectivity index (χ0v) is 15.9. The highest BCUT2D eigenvalue weighted by molar-refractivity contribution is 5.88. The van der Waals surface area contributed by atoms with Gasteiger partial charge in [-0.15, -0.1) is 0 Å². The van der Waals surface area contributed by atoms with E-state index in [0.29, 0.717) is 31.3 Å². The molecule has 7 nitrogen and oxygen atoms in total. The Balaban J connectivity index is 1.39. The second-order valence-corrected chi connectivity index (χ2v) is 7.05. The molecule has 2 heterocycles. The molecule has 0 radical (unpaired) electrons. The Labute approximate surface area is 160 Å². The zero-order chi connectivity index (χ0) is 18.9. The van der Waals surface area contributed by atoms with E-state index < -0.39 is 0 Å². The van der Waals surface area contributed by atoms with Crippen molar-refractivity contribution in [3.63, 3.8) is 0 Å². The number of likely N-dealkylation sites (tertiary alicyclic amines) is 1. The van der Waals surface area contributed by atoms with E-state index in [1.807, 2.05) is 6.07 Å². The fourth-order valence-electron chi connectivity index (χ4n) is 3.45. The van der Waals surface area contributed by atoms with Crippen LogP contribution >= 0.6 is 0 Å². The molecule has 0 aliphatic carbocycles. The van der Waals surface area contributed by atoms with Gasteiger partial charge in [-0.3, -0.25) is 9.58 Å². The van der Waals surface area contributed by atoms with E-state index in [1.54, 1.807) is 24.2 Å². The van der Waals surface area contributed by atoms with Crippen molar-refractivity contribution in [2.24, 2.45) is 5.92 Å². The number of carbonyl (C=O) groups is 1. The number of amides is 2. The van der Waals surface area contributed by atoms with E-state index in [1.165, 1.54) is 12.0 Å². The smallest absolute Gasteiger partial charge is 0.319 e. The first kappa shape index (κ1) is 19.4. The lowest BCUT2D eigenvalue weighted by Gasteiger charge is -2.32. The Morgan fingerprint density at radius 1 is 1.33 bits per heavy atom. The first-order valence-electron chi connectivity index (χ1n) is 9.55. The van der Waals surface area contributed by atoms with Crippen LogP contribution in [0.1, 0.15) is 18.4 Å². The molecule has 1 fully saturated rings. The molecule has 7 heteroatoms. The highest BCUT2D eigenvalue weighted by Crippen LogP contribution is 2.18. The standard InChI is InChI=1S/C20H29N5O2/c1-27-11-10-25-16-19(13-22-25)23-20(26)21-12-18-8-5-9-24(15-18)14-17-6-3-2-4-7-17/h2-4,6-7,13,16,18H,5,8-12,14-15H2,1H3,(H2,21,23,26). The van der Waals surface area contributed by atoms with E-state index in [0.717, 1.165) is 26.1 Å². The van der Waals surface area contributed by atoms with E-state index in [-0.39, 0.29) is 6.03 Å². The van der Waals surface area contributed by atoms with Gasteiger partial charge in [0, 0.05) is 32.9 Å². The maximum atomic E-state index is 12.2. The number of nitrogens with zero attached hydrogens (tertiary/aromatic N) is 3. The maximum Gasteiger partial charge on any atom is 0.319 e. The predicted octanol–water partition coefficient (Wildman–Crippen LogP) is 2.56. The molecule has 3 rings (SSSR count). The van der Waals surface area contributed by atoms with Gasteiger partial charge >= 0.3 is 6.03 Å². The molecule has 2 N–H and O–H groups in total. The van der Waals surface area contributed by atoms with Crippen LogP contribution in [0.3, 0.4) is 0 Å². The van der Waals surface area contributed by atoms with Crippen LogP contribution in [0.5, 0.6) is 0 Å². The van der Waals surface area contributed by atoms with E-state index >= 15 is 0 Å². The fourth-order valence-corrected chi connectivity index (χ4v) is 3.45. The molecular weight excluding hydrogens is 342 g/mol. The SMILES string of the molecule is COCCn1cc(NC(=O)NCC2CCCN(Cc3ccccc3)C2)cn1. The summed E-state index contributed by atoms with van der Waals surface area (Å²) in [5.74, 6) is 0.484. The normalized spacial score (nSPS) is 17.6. The maximum absolute atomic E-state index is 12.2. The number of benzene rings is 1. The highest BCUT2D eigenvalue weighted by Gasteiger charge is 2.20. The molecule has 1 aromatic heterocycles. The topological polar surface area (TPSA) is 71.4 Å². The second-order valence-electron chi connectivity index (χ2n) is 7.05. The monoisotopic (exact) mass is 371 g/mol. The summed E-state index contributed by atoms with van der Waals surface area (Å²) in [4.78, 5) is 14.6. The third kappa shape index (κ3) is 6.37. The molecule has 1 aliphatic rings. The van der Waals surface area contributed by atoms with Crippen LogP contribution in [-0.4, -0.2) is 54.1 Å². The molecule has 0 saturated carbocycles. The third-order valence-electron chi connectivity index (χ3n) is 4.82. The number of aromatic nitrogens is 2. The third-order valence-corrected chi connectivity index (χ3v) is 4.82. The van der Waals surface area contributed by atoms with Gasteiger partial charge in [0.2, 0.25) is 0 Å². The number of hydrogen-bond donors (Lipinski definition) is 2. The van der Waals surface area contributed by atoms with Crippen molar-refractivity contribution in [2.75, 3.05) is 38.7 Å². The van der Waals surface area contributed by atoms with Crippen molar-refractivity contribution < 1.29 is 9.53 Å². The molecule has 1 saturated heterocycles. The van der Waals surface area contributed by atoms with Crippen molar-refractivity contribution in [1.29, 1.82) is 0 Å². The van der Waals surface area contributed by atoms with Gasteiger partial charge in [0.15, 0.2) is 0 Å². The highest BCUT2D eigenvalue weighted by atomic mass is 16.5. The van der Waals surface area contributed by atoms with Crippen LogP contribution in [-0.2, 0) is 17.8 Å². The number of hydrogen-bond acceptors (Lipinski definition) is 4. The molecule has 146 valence electrons. The van der Waals surface area contributed by atoms with Crippen LogP contribution in [0.15, 0.2) is 42.7 Å². The second kappa shape index (κ2) is 10.1. The summed E-state index contributed by atoms with van der Waals surface area (Å²) in [7, 11) is 1.66. The average molecular weight is 371 g/mol. The van der Waals surface area contributed by atoms with Crippen LogP contribution in [0, 0.1) is 5.92 Å². The Bertz CT molecular complexity index is 703. The number of urea groups is 1. The van der Waals surface area contributed by atoms with Gasteiger partial charge in [0.05, 0.1) is 25.0 Å². The number of rotatable bonds is 8. The Kier molecular flexibility index (Phi) is 7.24. The summed E-state index contributed by atoms with van der Waals surface area (Å²) in [6, 6.07) is 10.4. The minimum Gasteiger partial charge on any atom is -0.383 e. The van der Waals surface area contributed by atoms with Crippen molar-refractivity contribution in [2.45, 2.75) is 25.9 Å². The lowest BCUT2D eigenvalue weighted by molar-refractivity contribution is 0.166. The van der Waals surface area contributed by atoms with Crippen LogP contribution in [0.25, 0.3) is 0 Å². The fraction of sp³-hybridized carbons (Fsp3) is 0.500. The van der Waals surface area contributed by atoms with E-state index in [2.05, 4.69) is 44.9 Å². The average Bonchev–Trinajstić information content (AvgIpc) is 3.13. The van der Waals surface area contributed by atoms with Crippen LogP contribution < -0.4 is 10.6 Å². The van der Waals surface area contributed by atoms with Gasteiger partial charge < -0.3 is 15.4 Å². The molecule has 27 heavy (non-hydrogen) atoms. The van der Waals surface area contributed by atoms with Crippen LogP contribution in [0.2, 0.25) is 0 Å². The molecular formula is C20H29N5O2. The molecule has 0 spiro atoms. The number of methoxy groups -OCH3 is 1. The molecule has 1 atom stereocenters. The summed E-state index contributed by atoms with van der Waals surface area (Å²) < 4.78 is 6.78. The predicted molar refractivity (Wildman–Crippen MR) is 106 cm³/mol. The molecule has 1 aliphatic heterocycles. The molecule has 1 unspecified atom stereocenters. The zero-order valence-electron chi connectivity index (χ0n) is 15.9. The Morgan fingerprint density at radius 3 is 3.00 bits per heavy atom. The quantitative estimate of drug-likeness (QED) is 0.748. The minimum absolute atomic E-state index is 0.179. The van der Waals surface area contributed by atoms with E-state index in [9.17, 15) is 4.79 Å². The molecule has 2 amide bonds. The number of ether oxygens (including phenoxy) is 1. The minimum atomic E-state index is -0.179. The summed E-state index contributed by atoms with van der Waals surface area (Å²) >= 11 is 0. The van der Waals surface area contributed by atoms with Gasteiger partial charge in [-0.25, -0.2) is 4.79 Å². The summed E-state index contributed by atoms with van der Waals surface area (Å²) in [5.41, 5.74) is 2.03. The Morgan fingerprint density at radius 2 is 2.19 bits per heavy atom. The lowest BCUT2D eigenvalue weighted by atomic mass is 9.97. The Hall–Kier alpha value is -2.38. The van der Waals surface area contributed by atoms with E-state index in [4.69, 9.17) is 4.74 Å². The first-order valence-corrected chi connectivity index (χ1v) is 9.55. The molecule has 2 aromatic rings. The van der Waals surface area contributed by atoms with Crippen molar-refractivity contribution in [1.82, 2.24) is 20.0 Å². The van der Waals surface area contributed by atoms with Gasteiger partial charge in [0.1, 0.15) is 0 Å². The van der Waals surface area contributed by atoms with Gasteiger partial charge in [-0.2, -0.15) is 5.10 Å². The summed E-state index contributed by atoms with van der Waals surface area (Å²) in [5, 5.41) is 10.0. The molecule has 1 aromatic carbocycles. The van der Waals surface area contributed by atoms with Crippen molar-refractivity contribution >= 4 is 11.7 Å². The lowest BCUT2D eigenvalue weighted by Crippen LogP contribution is -2.41. The summed E-state index contributed by atoms with van der Waals surface area (Å²) in [6.07, 6.45) is 5.78.